The van der Waals surface area contributed by atoms with Crippen molar-refractivity contribution in [1.29, 1.82) is 0 Å². The number of benzene rings is 1. The van der Waals surface area contributed by atoms with Gasteiger partial charge in [-0.25, -0.2) is 0 Å². The minimum atomic E-state index is 0.0931. The van der Waals surface area contributed by atoms with E-state index in [4.69, 9.17) is 27.6 Å². The second-order valence-electron chi connectivity index (χ2n) is 3.90. The molecule has 5 heteroatoms. The van der Waals surface area contributed by atoms with Crippen LogP contribution in [-0.4, -0.2) is 7.05 Å². The van der Waals surface area contributed by atoms with Gasteiger partial charge in [-0.05, 0) is 53.2 Å². The first-order valence-electron chi connectivity index (χ1n) is 5.46. The van der Waals surface area contributed by atoms with Gasteiger partial charge in [0.15, 0.2) is 4.67 Å². The van der Waals surface area contributed by atoms with E-state index < -0.39 is 0 Å². The van der Waals surface area contributed by atoms with Crippen molar-refractivity contribution in [2.75, 3.05) is 7.05 Å². The first-order valence-corrected chi connectivity index (χ1v) is 7.01. The number of nitrogens with one attached hydrogen (secondary N) is 1. The predicted octanol–water partition coefficient (Wildman–Crippen LogP) is 4.85. The molecule has 0 aliphatic heterocycles. The molecule has 0 fully saturated rings. The van der Waals surface area contributed by atoms with Crippen molar-refractivity contribution in [1.82, 2.24) is 5.32 Å². The molecular weight excluding hydrogens is 337 g/mol. The smallest absolute Gasteiger partial charge is 0.173 e. The standard InChI is InChI=1S/C13H12BrCl2NO/c1-17-12(8-5-6-18-13(8)14)7-9-10(15)3-2-4-11(9)16/h2-6,12,17H,7H2,1H3. The maximum Gasteiger partial charge on any atom is 0.173 e. The highest BCUT2D eigenvalue weighted by molar-refractivity contribution is 9.10. The fourth-order valence-corrected chi connectivity index (χ4v) is 2.92. The molecule has 0 amide bonds. The highest BCUT2D eigenvalue weighted by Gasteiger charge is 2.18. The fourth-order valence-electron chi connectivity index (χ4n) is 1.85. The van der Waals surface area contributed by atoms with Crippen LogP contribution in [0, 0.1) is 0 Å². The van der Waals surface area contributed by atoms with Gasteiger partial charge >= 0.3 is 0 Å². The van der Waals surface area contributed by atoms with Crippen molar-refractivity contribution in [3.05, 3.63) is 56.4 Å². The average Bonchev–Trinajstić information content (AvgIpc) is 2.76. The van der Waals surface area contributed by atoms with E-state index in [0.29, 0.717) is 16.5 Å². The quantitative estimate of drug-likeness (QED) is 0.854. The maximum absolute atomic E-state index is 6.18. The van der Waals surface area contributed by atoms with Crippen LogP contribution < -0.4 is 5.32 Å². The van der Waals surface area contributed by atoms with E-state index in [0.717, 1.165) is 15.8 Å². The van der Waals surface area contributed by atoms with Crippen LogP contribution in [0.3, 0.4) is 0 Å². The molecule has 0 bridgehead atoms. The zero-order chi connectivity index (χ0) is 13.1. The Labute approximate surface area is 124 Å². The lowest BCUT2D eigenvalue weighted by molar-refractivity contribution is 0.518. The molecule has 1 atom stereocenters. The Morgan fingerprint density at radius 1 is 1.28 bits per heavy atom. The Morgan fingerprint density at radius 2 is 1.94 bits per heavy atom. The van der Waals surface area contributed by atoms with Crippen molar-refractivity contribution >= 4 is 39.1 Å². The normalized spacial score (nSPS) is 12.7. The molecule has 1 aromatic carbocycles. The number of hydrogen-bond donors (Lipinski definition) is 1. The molecular formula is C13H12BrCl2NO. The summed E-state index contributed by atoms with van der Waals surface area (Å²) in [5.74, 6) is 0. The third-order valence-electron chi connectivity index (χ3n) is 2.84. The third-order valence-corrected chi connectivity index (χ3v) is 4.19. The molecule has 2 rings (SSSR count). The Morgan fingerprint density at radius 3 is 2.44 bits per heavy atom. The van der Waals surface area contributed by atoms with Gasteiger partial charge < -0.3 is 9.73 Å². The van der Waals surface area contributed by atoms with Gasteiger partial charge in [0, 0.05) is 21.7 Å². The lowest BCUT2D eigenvalue weighted by atomic mass is 10.0. The molecule has 2 nitrogen and oxygen atoms in total. The minimum absolute atomic E-state index is 0.0931. The summed E-state index contributed by atoms with van der Waals surface area (Å²) in [6.45, 7) is 0. The van der Waals surface area contributed by atoms with E-state index in [2.05, 4.69) is 21.2 Å². The van der Waals surface area contributed by atoms with E-state index in [1.54, 1.807) is 6.26 Å². The van der Waals surface area contributed by atoms with Crippen molar-refractivity contribution in [2.45, 2.75) is 12.5 Å². The van der Waals surface area contributed by atoms with Gasteiger partial charge in [-0.2, -0.15) is 0 Å². The Hall–Kier alpha value is -0.480. The van der Waals surface area contributed by atoms with Gasteiger partial charge in [0.05, 0.1) is 6.26 Å². The van der Waals surface area contributed by atoms with Crippen molar-refractivity contribution in [3.63, 3.8) is 0 Å². The third kappa shape index (κ3) is 2.91. The van der Waals surface area contributed by atoms with Crippen LogP contribution >= 0.6 is 39.1 Å². The zero-order valence-electron chi connectivity index (χ0n) is 9.71. The summed E-state index contributed by atoms with van der Waals surface area (Å²) < 4.78 is 5.98. The first kappa shape index (κ1) is 13.9. The molecule has 0 radical (unpaired) electrons. The summed E-state index contributed by atoms with van der Waals surface area (Å²) in [6.07, 6.45) is 2.35. The largest absolute Gasteiger partial charge is 0.457 e. The molecule has 0 aliphatic carbocycles. The number of hydrogen-bond acceptors (Lipinski definition) is 2. The molecule has 0 saturated heterocycles. The second-order valence-corrected chi connectivity index (χ2v) is 5.43. The summed E-state index contributed by atoms with van der Waals surface area (Å²) >= 11 is 15.8. The van der Waals surface area contributed by atoms with Crippen LogP contribution in [0.2, 0.25) is 10.0 Å². The van der Waals surface area contributed by atoms with E-state index >= 15 is 0 Å². The summed E-state index contributed by atoms with van der Waals surface area (Å²) in [6, 6.07) is 7.56. The highest BCUT2D eigenvalue weighted by Crippen LogP contribution is 2.32. The van der Waals surface area contributed by atoms with Crippen LogP contribution in [0.1, 0.15) is 17.2 Å². The fraction of sp³-hybridized carbons (Fsp3) is 0.231. The summed E-state index contributed by atoms with van der Waals surface area (Å²) in [4.78, 5) is 0. The molecule has 1 heterocycles. The second kappa shape index (κ2) is 6.11. The number of furan rings is 1. The molecule has 0 spiro atoms. The maximum atomic E-state index is 6.18. The molecule has 18 heavy (non-hydrogen) atoms. The zero-order valence-corrected chi connectivity index (χ0v) is 12.8. The molecule has 1 aromatic heterocycles. The number of rotatable bonds is 4. The lowest BCUT2D eigenvalue weighted by Gasteiger charge is -2.17. The van der Waals surface area contributed by atoms with Crippen LogP contribution in [0.15, 0.2) is 39.6 Å². The van der Waals surface area contributed by atoms with Crippen LogP contribution in [0.5, 0.6) is 0 Å². The average molecular weight is 349 g/mol. The van der Waals surface area contributed by atoms with Crippen molar-refractivity contribution in [2.24, 2.45) is 0 Å². The van der Waals surface area contributed by atoms with Gasteiger partial charge in [-0.1, -0.05) is 29.3 Å². The SMILES string of the molecule is CNC(Cc1c(Cl)cccc1Cl)c1ccoc1Br. The first-order chi connectivity index (χ1) is 8.63. The van der Waals surface area contributed by atoms with Crippen LogP contribution in [0.25, 0.3) is 0 Å². The van der Waals surface area contributed by atoms with E-state index in [-0.39, 0.29) is 6.04 Å². The van der Waals surface area contributed by atoms with Crippen LogP contribution in [-0.2, 0) is 6.42 Å². The summed E-state index contributed by atoms with van der Waals surface area (Å²) in [5, 5.41) is 4.61. The van der Waals surface area contributed by atoms with E-state index in [9.17, 15) is 0 Å². The monoisotopic (exact) mass is 347 g/mol. The molecule has 1 unspecified atom stereocenters. The molecule has 1 N–H and O–H groups in total. The number of halogens is 3. The van der Waals surface area contributed by atoms with Gasteiger partial charge in [-0.15, -0.1) is 0 Å². The van der Waals surface area contributed by atoms with Crippen molar-refractivity contribution < 1.29 is 4.42 Å². The molecule has 0 saturated carbocycles. The van der Waals surface area contributed by atoms with E-state index in [1.807, 2.05) is 31.3 Å². The molecule has 0 aliphatic rings. The molecule has 96 valence electrons. The topological polar surface area (TPSA) is 25.2 Å². The minimum Gasteiger partial charge on any atom is -0.457 e. The summed E-state index contributed by atoms with van der Waals surface area (Å²) in [7, 11) is 1.90. The van der Waals surface area contributed by atoms with Gasteiger partial charge in [0.1, 0.15) is 0 Å². The Bertz CT molecular complexity index is 521. The number of likely N-dealkylation sites (N-methyl/N-ethyl adjacent to an activating group) is 1. The Kier molecular flexibility index (Phi) is 4.73. The van der Waals surface area contributed by atoms with Gasteiger partial charge in [-0.3, -0.25) is 0 Å². The van der Waals surface area contributed by atoms with Crippen LogP contribution in [0.4, 0.5) is 0 Å². The van der Waals surface area contributed by atoms with Crippen molar-refractivity contribution in [3.8, 4) is 0 Å². The van der Waals surface area contributed by atoms with Gasteiger partial charge in [0.25, 0.3) is 0 Å². The highest BCUT2D eigenvalue weighted by atomic mass is 79.9. The molecule has 2 aromatic rings. The summed E-state index contributed by atoms with van der Waals surface area (Å²) in [5.41, 5.74) is 1.99. The van der Waals surface area contributed by atoms with Gasteiger partial charge in [0.2, 0.25) is 0 Å². The Balaban J connectivity index is 2.29. The lowest BCUT2D eigenvalue weighted by Crippen LogP contribution is -2.19. The predicted molar refractivity (Wildman–Crippen MR) is 78.4 cm³/mol. The van der Waals surface area contributed by atoms with E-state index in [1.165, 1.54) is 0 Å².